The van der Waals surface area contributed by atoms with Gasteiger partial charge in [0.15, 0.2) is 5.96 Å². The second-order valence-electron chi connectivity index (χ2n) is 7.23. The molecule has 2 aromatic carbocycles. The number of para-hydroxylation sites is 3. The molecular weight excluding hydrogens is 503 g/mol. The highest BCUT2D eigenvalue weighted by molar-refractivity contribution is 14.0. The zero-order chi connectivity index (χ0) is 20.8. The fourth-order valence-electron chi connectivity index (χ4n) is 3.77. The molecule has 0 amide bonds. The van der Waals surface area contributed by atoms with Crippen molar-refractivity contribution in [2.24, 2.45) is 4.99 Å². The molecule has 0 unspecified atom stereocenters. The standard InChI is InChI=1S/C23H28N6O.HI/c1-2-25-23(26-17-19-7-3-4-8-20(19)29-12-11-24-18-29)28-15-13-27(14-16-28)21-9-5-6-10-22(21)30;/h3-12,18,30H,2,13-17H2,1H3,(H,25,26);1H. The summed E-state index contributed by atoms with van der Waals surface area (Å²) < 4.78 is 2.02. The van der Waals surface area contributed by atoms with Gasteiger partial charge in [0.1, 0.15) is 5.75 Å². The van der Waals surface area contributed by atoms with Gasteiger partial charge in [-0.2, -0.15) is 0 Å². The maximum atomic E-state index is 10.1. The van der Waals surface area contributed by atoms with Crippen LogP contribution in [0.5, 0.6) is 5.75 Å². The number of guanidine groups is 1. The van der Waals surface area contributed by atoms with Gasteiger partial charge in [0.25, 0.3) is 0 Å². The van der Waals surface area contributed by atoms with Crippen LogP contribution in [0.2, 0.25) is 0 Å². The average molecular weight is 532 g/mol. The normalized spacial score (nSPS) is 14.3. The molecule has 164 valence electrons. The van der Waals surface area contributed by atoms with Gasteiger partial charge < -0.3 is 24.8 Å². The van der Waals surface area contributed by atoms with E-state index in [-0.39, 0.29) is 24.0 Å². The summed E-state index contributed by atoms with van der Waals surface area (Å²) in [5.41, 5.74) is 3.14. The number of rotatable bonds is 5. The Labute approximate surface area is 200 Å². The average Bonchev–Trinajstić information content (AvgIpc) is 3.32. The van der Waals surface area contributed by atoms with Crippen LogP contribution in [0.4, 0.5) is 5.69 Å². The minimum Gasteiger partial charge on any atom is -0.506 e. The third-order valence-electron chi connectivity index (χ3n) is 5.31. The maximum absolute atomic E-state index is 10.1. The van der Waals surface area contributed by atoms with Crippen molar-refractivity contribution in [3.8, 4) is 11.4 Å². The highest BCUT2D eigenvalue weighted by Crippen LogP contribution is 2.27. The molecule has 0 bridgehead atoms. The van der Waals surface area contributed by atoms with E-state index in [4.69, 9.17) is 4.99 Å². The minimum absolute atomic E-state index is 0. The molecule has 31 heavy (non-hydrogen) atoms. The zero-order valence-electron chi connectivity index (χ0n) is 17.7. The molecule has 0 atom stereocenters. The van der Waals surface area contributed by atoms with Gasteiger partial charge >= 0.3 is 0 Å². The van der Waals surface area contributed by atoms with Crippen LogP contribution in [0.15, 0.2) is 72.2 Å². The number of hydrogen-bond acceptors (Lipinski definition) is 4. The van der Waals surface area contributed by atoms with Crippen LogP contribution < -0.4 is 10.2 Å². The van der Waals surface area contributed by atoms with E-state index in [0.717, 1.165) is 55.6 Å². The number of nitrogens with zero attached hydrogens (tertiary/aromatic N) is 5. The first-order valence-electron chi connectivity index (χ1n) is 10.4. The molecule has 2 heterocycles. The zero-order valence-corrected chi connectivity index (χ0v) is 20.0. The molecule has 3 aromatic rings. The van der Waals surface area contributed by atoms with Gasteiger partial charge in [0.05, 0.1) is 24.2 Å². The molecule has 1 aromatic heterocycles. The van der Waals surface area contributed by atoms with Crippen molar-refractivity contribution >= 4 is 35.6 Å². The lowest BCUT2D eigenvalue weighted by molar-refractivity contribution is 0.369. The van der Waals surface area contributed by atoms with Crippen molar-refractivity contribution in [2.75, 3.05) is 37.6 Å². The summed E-state index contributed by atoms with van der Waals surface area (Å²) in [5.74, 6) is 1.26. The van der Waals surface area contributed by atoms with E-state index in [1.165, 1.54) is 0 Å². The van der Waals surface area contributed by atoms with Crippen LogP contribution in [0.25, 0.3) is 5.69 Å². The van der Waals surface area contributed by atoms with Gasteiger partial charge in [-0.25, -0.2) is 9.98 Å². The lowest BCUT2D eigenvalue weighted by Crippen LogP contribution is -2.52. The molecule has 1 aliphatic heterocycles. The SMILES string of the molecule is CCNC(=NCc1ccccc1-n1ccnc1)N1CCN(c2ccccc2O)CC1.I. The molecule has 4 rings (SSSR count). The smallest absolute Gasteiger partial charge is 0.194 e. The first kappa shape index (κ1) is 22.9. The van der Waals surface area contributed by atoms with E-state index in [9.17, 15) is 5.11 Å². The third-order valence-corrected chi connectivity index (χ3v) is 5.31. The van der Waals surface area contributed by atoms with Crippen molar-refractivity contribution in [2.45, 2.75) is 13.5 Å². The van der Waals surface area contributed by atoms with Crippen molar-refractivity contribution in [3.63, 3.8) is 0 Å². The topological polar surface area (TPSA) is 68.9 Å². The number of hydrogen-bond donors (Lipinski definition) is 2. The molecule has 2 N–H and O–H groups in total. The molecule has 0 aliphatic carbocycles. The van der Waals surface area contributed by atoms with Crippen LogP contribution in [0, 0.1) is 0 Å². The van der Waals surface area contributed by atoms with E-state index in [2.05, 4.69) is 39.2 Å². The second-order valence-corrected chi connectivity index (χ2v) is 7.23. The summed E-state index contributed by atoms with van der Waals surface area (Å²) in [4.78, 5) is 13.6. The number of phenolic OH excluding ortho intramolecular Hbond substituents is 1. The molecular formula is C23H29IN6O. The number of phenols is 1. The maximum Gasteiger partial charge on any atom is 0.194 e. The monoisotopic (exact) mass is 532 g/mol. The van der Waals surface area contributed by atoms with Crippen LogP contribution in [0.3, 0.4) is 0 Å². The van der Waals surface area contributed by atoms with Crippen molar-refractivity contribution in [1.29, 1.82) is 0 Å². The number of aromatic nitrogens is 2. The van der Waals surface area contributed by atoms with Gasteiger partial charge in [-0.15, -0.1) is 24.0 Å². The van der Waals surface area contributed by atoms with Crippen molar-refractivity contribution in [1.82, 2.24) is 19.8 Å². The number of benzene rings is 2. The van der Waals surface area contributed by atoms with Gasteiger partial charge in [0.2, 0.25) is 0 Å². The predicted molar refractivity (Wildman–Crippen MR) is 136 cm³/mol. The molecule has 0 saturated carbocycles. The fraction of sp³-hybridized carbons (Fsp3) is 0.304. The predicted octanol–water partition coefficient (Wildman–Crippen LogP) is 3.48. The molecule has 8 heteroatoms. The summed E-state index contributed by atoms with van der Waals surface area (Å²) in [6.45, 7) is 6.89. The first-order valence-corrected chi connectivity index (χ1v) is 10.4. The van der Waals surface area contributed by atoms with E-state index in [1.54, 1.807) is 12.3 Å². The lowest BCUT2D eigenvalue weighted by Gasteiger charge is -2.37. The molecule has 1 aliphatic rings. The van der Waals surface area contributed by atoms with Gasteiger partial charge in [-0.05, 0) is 30.7 Å². The Morgan fingerprint density at radius 1 is 1.03 bits per heavy atom. The van der Waals surface area contributed by atoms with Gasteiger partial charge in [0, 0.05) is 45.1 Å². The number of aliphatic imine (C=N–C) groups is 1. The van der Waals surface area contributed by atoms with E-state index >= 15 is 0 Å². The number of nitrogens with one attached hydrogen (secondary N) is 1. The van der Waals surface area contributed by atoms with E-state index < -0.39 is 0 Å². The van der Waals surface area contributed by atoms with Crippen LogP contribution in [0.1, 0.15) is 12.5 Å². The summed E-state index contributed by atoms with van der Waals surface area (Å²) >= 11 is 0. The highest BCUT2D eigenvalue weighted by Gasteiger charge is 2.21. The Morgan fingerprint density at radius 2 is 1.74 bits per heavy atom. The minimum atomic E-state index is 0. The van der Waals surface area contributed by atoms with Gasteiger partial charge in [-0.3, -0.25) is 0 Å². The lowest BCUT2D eigenvalue weighted by atomic mass is 10.2. The molecule has 7 nitrogen and oxygen atoms in total. The summed E-state index contributed by atoms with van der Waals surface area (Å²) in [6.07, 6.45) is 5.55. The Hall–Kier alpha value is -2.75. The molecule has 0 spiro atoms. The summed E-state index contributed by atoms with van der Waals surface area (Å²) in [7, 11) is 0. The Kier molecular flexibility index (Phi) is 8.16. The summed E-state index contributed by atoms with van der Waals surface area (Å²) in [6, 6.07) is 15.8. The third kappa shape index (κ3) is 5.49. The van der Waals surface area contributed by atoms with Gasteiger partial charge in [-0.1, -0.05) is 30.3 Å². The summed E-state index contributed by atoms with van der Waals surface area (Å²) in [5, 5.41) is 13.6. The molecule has 0 radical (unpaired) electrons. The van der Waals surface area contributed by atoms with Crippen LogP contribution in [-0.2, 0) is 6.54 Å². The number of halogens is 1. The fourth-order valence-corrected chi connectivity index (χ4v) is 3.77. The van der Waals surface area contributed by atoms with E-state index in [0.29, 0.717) is 12.3 Å². The number of aromatic hydroxyl groups is 1. The second kappa shape index (κ2) is 11.0. The number of imidazole rings is 1. The first-order chi connectivity index (χ1) is 14.8. The van der Waals surface area contributed by atoms with Crippen LogP contribution in [-0.4, -0.2) is 58.2 Å². The Morgan fingerprint density at radius 3 is 2.42 bits per heavy atom. The quantitative estimate of drug-likeness (QED) is 0.299. The molecule has 1 fully saturated rings. The highest BCUT2D eigenvalue weighted by atomic mass is 127. The van der Waals surface area contributed by atoms with Crippen molar-refractivity contribution < 1.29 is 5.11 Å². The Bertz CT molecular complexity index is 983. The van der Waals surface area contributed by atoms with Crippen LogP contribution >= 0.6 is 24.0 Å². The number of piperazine rings is 1. The largest absolute Gasteiger partial charge is 0.506 e. The number of anilines is 1. The molecule has 1 saturated heterocycles. The van der Waals surface area contributed by atoms with E-state index in [1.807, 2.05) is 47.4 Å². The van der Waals surface area contributed by atoms with Crippen molar-refractivity contribution in [3.05, 3.63) is 72.8 Å². The Balaban J connectivity index is 0.00000272.